The van der Waals surface area contributed by atoms with E-state index in [1.54, 1.807) is 62.3 Å². The molecule has 2 atom stereocenters. The molecule has 1 aliphatic rings. The fourth-order valence-electron chi connectivity index (χ4n) is 3.05. The van der Waals surface area contributed by atoms with E-state index in [4.69, 9.17) is 32.7 Å². The molecule has 0 saturated carbocycles. The summed E-state index contributed by atoms with van der Waals surface area (Å²) >= 11 is 13.7. The zero-order valence-corrected chi connectivity index (χ0v) is 18.6. The van der Waals surface area contributed by atoms with Crippen LogP contribution in [-0.4, -0.2) is 41.8 Å². The molecule has 2 unspecified atom stereocenters. The maximum atomic E-state index is 13.4. The highest BCUT2D eigenvalue weighted by Gasteiger charge is 2.43. The number of rotatable bonds is 5. The Morgan fingerprint density at radius 2 is 1.79 bits per heavy atom. The summed E-state index contributed by atoms with van der Waals surface area (Å²) in [5.41, 5.74) is 1.26. The predicted octanol–water partition coefficient (Wildman–Crippen LogP) is 5.21. The van der Waals surface area contributed by atoms with Crippen molar-refractivity contribution in [2.45, 2.75) is 31.4 Å². The minimum absolute atomic E-state index is 0.264. The highest BCUT2D eigenvalue weighted by molar-refractivity contribution is 7.99. The minimum atomic E-state index is -0.698. The first-order chi connectivity index (χ1) is 13.8. The SMILES string of the molecule is COc1ccc(C(=O)N2C(C(=O)OC(C)C)CSC2c2ccc(Cl)c(Cl)c2)cc1. The second-order valence-corrected chi connectivity index (χ2v) is 8.73. The van der Waals surface area contributed by atoms with Gasteiger partial charge in [0.25, 0.3) is 5.91 Å². The van der Waals surface area contributed by atoms with Gasteiger partial charge in [0.2, 0.25) is 0 Å². The van der Waals surface area contributed by atoms with Crippen LogP contribution in [0.4, 0.5) is 0 Å². The van der Waals surface area contributed by atoms with E-state index in [2.05, 4.69) is 0 Å². The molecule has 3 rings (SSSR count). The molecule has 0 radical (unpaired) electrons. The van der Waals surface area contributed by atoms with Gasteiger partial charge in [-0.25, -0.2) is 4.79 Å². The molecule has 0 spiro atoms. The maximum absolute atomic E-state index is 13.4. The lowest BCUT2D eigenvalue weighted by Crippen LogP contribution is -2.44. The Bertz CT molecular complexity index is 904. The molecule has 5 nitrogen and oxygen atoms in total. The van der Waals surface area contributed by atoms with Crippen molar-refractivity contribution in [2.24, 2.45) is 0 Å². The van der Waals surface area contributed by atoms with Crippen LogP contribution in [0, 0.1) is 0 Å². The number of hydrogen-bond donors (Lipinski definition) is 0. The van der Waals surface area contributed by atoms with E-state index in [1.165, 1.54) is 11.8 Å². The molecule has 2 aromatic rings. The molecular formula is C21H21Cl2NO4S. The number of carbonyl (C=O) groups is 2. The Morgan fingerprint density at radius 1 is 1.10 bits per heavy atom. The van der Waals surface area contributed by atoms with E-state index in [9.17, 15) is 9.59 Å². The number of esters is 1. The van der Waals surface area contributed by atoms with Crippen LogP contribution in [0.5, 0.6) is 5.75 Å². The van der Waals surface area contributed by atoms with Gasteiger partial charge in [-0.3, -0.25) is 4.79 Å². The normalized spacial score (nSPS) is 18.8. The highest BCUT2D eigenvalue weighted by atomic mass is 35.5. The molecule has 154 valence electrons. The summed E-state index contributed by atoms with van der Waals surface area (Å²) in [6.07, 6.45) is -0.269. The lowest BCUT2D eigenvalue weighted by atomic mass is 10.1. The number of hydrogen-bond acceptors (Lipinski definition) is 5. The predicted molar refractivity (Wildman–Crippen MR) is 116 cm³/mol. The number of amides is 1. The summed E-state index contributed by atoms with van der Waals surface area (Å²) < 4.78 is 10.6. The Balaban J connectivity index is 1.97. The average molecular weight is 454 g/mol. The van der Waals surface area contributed by atoms with Gasteiger partial charge in [-0.05, 0) is 55.8 Å². The third kappa shape index (κ3) is 4.82. The highest BCUT2D eigenvalue weighted by Crippen LogP contribution is 2.44. The van der Waals surface area contributed by atoms with E-state index in [-0.39, 0.29) is 17.4 Å². The summed E-state index contributed by atoms with van der Waals surface area (Å²) in [5.74, 6) is 0.392. The monoisotopic (exact) mass is 453 g/mol. The van der Waals surface area contributed by atoms with E-state index in [0.717, 1.165) is 5.56 Å². The van der Waals surface area contributed by atoms with Crippen LogP contribution < -0.4 is 4.74 Å². The average Bonchev–Trinajstić information content (AvgIpc) is 3.14. The standard InChI is InChI=1S/C21H21Cl2NO4S/c1-12(2)28-21(26)18-11-29-20(14-6-9-16(22)17(23)10-14)24(18)19(25)13-4-7-15(27-3)8-5-13/h4-10,12,18,20H,11H2,1-3H3. The molecule has 0 N–H and O–H groups in total. The molecule has 2 aromatic carbocycles. The Morgan fingerprint density at radius 3 is 2.38 bits per heavy atom. The first-order valence-corrected chi connectivity index (χ1v) is 10.9. The number of benzene rings is 2. The molecule has 0 bridgehead atoms. The molecule has 1 amide bonds. The van der Waals surface area contributed by atoms with Crippen molar-refractivity contribution < 1.29 is 19.1 Å². The minimum Gasteiger partial charge on any atom is -0.497 e. The van der Waals surface area contributed by atoms with E-state index >= 15 is 0 Å². The third-order valence-electron chi connectivity index (χ3n) is 4.42. The molecule has 1 saturated heterocycles. The van der Waals surface area contributed by atoms with Gasteiger partial charge in [0.1, 0.15) is 17.2 Å². The maximum Gasteiger partial charge on any atom is 0.330 e. The molecule has 1 heterocycles. The second-order valence-electron chi connectivity index (χ2n) is 6.80. The lowest BCUT2D eigenvalue weighted by molar-refractivity contribution is -0.151. The van der Waals surface area contributed by atoms with E-state index < -0.39 is 12.0 Å². The zero-order valence-electron chi connectivity index (χ0n) is 16.2. The lowest BCUT2D eigenvalue weighted by Gasteiger charge is -2.29. The van der Waals surface area contributed by atoms with Crippen molar-refractivity contribution in [2.75, 3.05) is 12.9 Å². The quantitative estimate of drug-likeness (QED) is 0.581. The fourth-order valence-corrected chi connectivity index (χ4v) is 4.76. The topological polar surface area (TPSA) is 55.8 Å². The molecular weight excluding hydrogens is 433 g/mol. The number of nitrogens with zero attached hydrogens (tertiary/aromatic N) is 1. The number of carbonyl (C=O) groups excluding carboxylic acids is 2. The van der Waals surface area contributed by atoms with Crippen LogP contribution in [0.25, 0.3) is 0 Å². The van der Waals surface area contributed by atoms with Crippen molar-refractivity contribution in [3.05, 3.63) is 63.6 Å². The molecule has 1 aliphatic heterocycles. The smallest absolute Gasteiger partial charge is 0.330 e. The van der Waals surface area contributed by atoms with Crippen LogP contribution in [-0.2, 0) is 9.53 Å². The van der Waals surface area contributed by atoms with Crippen molar-refractivity contribution in [3.8, 4) is 5.75 Å². The van der Waals surface area contributed by atoms with Gasteiger partial charge in [-0.15, -0.1) is 11.8 Å². The Kier molecular flexibility index (Phi) is 6.98. The van der Waals surface area contributed by atoms with Crippen LogP contribution in [0.2, 0.25) is 10.0 Å². The van der Waals surface area contributed by atoms with E-state index in [1.807, 2.05) is 6.07 Å². The molecule has 29 heavy (non-hydrogen) atoms. The van der Waals surface area contributed by atoms with Gasteiger partial charge in [0, 0.05) is 11.3 Å². The van der Waals surface area contributed by atoms with Crippen LogP contribution in [0.15, 0.2) is 42.5 Å². The number of methoxy groups -OCH3 is 1. The van der Waals surface area contributed by atoms with Gasteiger partial charge >= 0.3 is 5.97 Å². The largest absolute Gasteiger partial charge is 0.497 e. The molecule has 8 heteroatoms. The number of halogens is 2. The van der Waals surface area contributed by atoms with Crippen LogP contribution in [0.1, 0.15) is 35.1 Å². The van der Waals surface area contributed by atoms with Gasteiger partial charge in [0.05, 0.1) is 23.3 Å². The molecule has 1 fully saturated rings. The van der Waals surface area contributed by atoms with Gasteiger partial charge in [-0.2, -0.15) is 0 Å². The molecule has 0 aromatic heterocycles. The van der Waals surface area contributed by atoms with Gasteiger partial charge in [0.15, 0.2) is 0 Å². The number of thioether (sulfide) groups is 1. The summed E-state index contributed by atoms with van der Waals surface area (Å²) in [4.78, 5) is 27.7. The van der Waals surface area contributed by atoms with E-state index in [0.29, 0.717) is 27.1 Å². The Hall–Kier alpha value is -1.89. The van der Waals surface area contributed by atoms with Crippen molar-refractivity contribution >= 4 is 46.8 Å². The van der Waals surface area contributed by atoms with Crippen molar-refractivity contribution in [1.82, 2.24) is 4.90 Å². The third-order valence-corrected chi connectivity index (χ3v) is 6.49. The summed E-state index contributed by atoms with van der Waals surface area (Å²) in [7, 11) is 1.56. The van der Waals surface area contributed by atoms with Gasteiger partial charge < -0.3 is 14.4 Å². The summed E-state index contributed by atoms with van der Waals surface area (Å²) in [6.45, 7) is 3.57. The zero-order chi connectivity index (χ0) is 21.1. The summed E-state index contributed by atoms with van der Waals surface area (Å²) in [5, 5.41) is 0.445. The molecule has 0 aliphatic carbocycles. The second kappa shape index (κ2) is 9.28. The number of ether oxygens (including phenoxy) is 2. The van der Waals surface area contributed by atoms with Crippen LogP contribution >= 0.6 is 35.0 Å². The first-order valence-electron chi connectivity index (χ1n) is 9.05. The van der Waals surface area contributed by atoms with Crippen LogP contribution in [0.3, 0.4) is 0 Å². The summed E-state index contributed by atoms with van der Waals surface area (Å²) in [6, 6.07) is 11.3. The van der Waals surface area contributed by atoms with Gasteiger partial charge in [-0.1, -0.05) is 29.3 Å². The Labute approximate surface area is 184 Å². The van der Waals surface area contributed by atoms with Crippen molar-refractivity contribution in [1.29, 1.82) is 0 Å². The van der Waals surface area contributed by atoms with Crippen molar-refractivity contribution in [3.63, 3.8) is 0 Å². The first kappa shape index (κ1) is 21.8. The fraction of sp³-hybridized carbons (Fsp3) is 0.333.